The minimum absolute atomic E-state index is 0.225. The number of piperazine rings is 1. The number of amides is 2. The molecule has 9 heteroatoms. The molecule has 0 spiro atoms. The average molecular weight is 395 g/mol. The Kier molecular flexibility index (Phi) is 5.66. The number of nitrogens with one attached hydrogen (secondary N) is 3. The van der Waals surface area contributed by atoms with Crippen molar-refractivity contribution in [3.63, 3.8) is 0 Å². The number of aromatic nitrogens is 3. The van der Waals surface area contributed by atoms with E-state index in [2.05, 4.69) is 26.0 Å². The normalized spacial score (nSPS) is 13.9. The largest absolute Gasteiger partial charge is 0.367 e. The third-order valence-corrected chi connectivity index (χ3v) is 4.69. The Labute approximate surface area is 167 Å². The first-order chi connectivity index (χ1) is 14.2. The van der Waals surface area contributed by atoms with E-state index in [1.54, 1.807) is 35.5 Å². The van der Waals surface area contributed by atoms with Crippen LogP contribution in [0.15, 0.2) is 55.1 Å². The van der Waals surface area contributed by atoms with Gasteiger partial charge >= 0.3 is 6.03 Å². The van der Waals surface area contributed by atoms with Crippen LogP contribution in [0.4, 0.5) is 20.6 Å². The second kappa shape index (κ2) is 8.70. The molecule has 0 atom stereocenters. The summed E-state index contributed by atoms with van der Waals surface area (Å²) in [5.74, 6) is -0.273. The van der Waals surface area contributed by atoms with E-state index in [0.29, 0.717) is 16.9 Å². The number of rotatable bonds is 5. The number of urea groups is 1. The average Bonchev–Trinajstić information content (AvgIpc) is 3.22. The third-order valence-electron chi connectivity index (χ3n) is 4.69. The van der Waals surface area contributed by atoms with Gasteiger partial charge in [-0.1, -0.05) is 6.07 Å². The van der Waals surface area contributed by atoms with Gasteiger partial charge in [0.05, 0.1) is 29.5 Å². The topological polar surface area (TPSA) is 87.1 Å². The molecule has 0 saturated carbocycles. The molecule has 1 aliphatic heterocycles. The molecule has 3 aromatic rings. The van der Waals surface area contributed by atoms with Crippen molar-refractivity contribution in [3.05, 3.63) is 66.5 Å². The van der Waals surface area contributed by atoms with Crippen LogP contribution in [0, 0.1) is 5.82 Å². The van der Waals surface area contributed by atoms with Crippen molar-refractivity contribution in [2.24, 2.45) is 0 Å². The quantitative estimate of drug-likeness (QED) is 0.616. The fourth-order valence-corrected chi connectivity index (χ4v) is 3.21. The molecule has 2 amide bonds. The van der Waals surface area contributed by atoms with Crippen LogP contribution in [0.2, 0.25) is 0 Å². The molecular formula is C20H22FN7O. The molecule has 1 aliphatic rings. The van der Waals surface area contributed by atoms with E-state index in [0.717, 1.165) is 31.9 Å². The molecule has 150 valence electrons. The van der Waals surface area contributed by atoms with Gasteiger partial charge in [0, 0.05) is 45.1 Å². The smallest absolute Gasteiger partial charge is 0.319 e. The Hall–Kier alpha value is -3.46. The Morgan fingerprint density at radius 1 is 1.17 bits per heavy atom. The third kappa shape index (κ3) is 4.69. The Morgan fingerprint density at radius 2 is 1.97 bits per heavy atom. The number of carbonyl (C=O) groups is 1. The van der Waals surface area contributed by atoms with Crippen molar-refractivity contribution >= 4 is 17.4 Å². The summed E-state index contributed by atoms with van der Waals surface area (Å²) in [5.41, 5.74) is 2.69. The van der Waals surface area contributed by atoms with Gasteiger partial charge in [0.2, 0.25) is 0 Å². The van der Waals surface area contributed by atoms with Gasteiger partial charge in [0.15, 0.2) is 0 Å². The first kappa shape index (κ1) is 18.9. The highest BCUT2D eigenvalue weighted by molar-refractivity contribution is 5.88. The minimum atomic E-state index is -0.383. The summed E-state index contributed by atoms with van der Waals surface area (Å²) in [4.78, 5) is 18.1. The predicted molar refractivity (Wildman–Crippen MR) is 109 cm³/mol. The van der Waals surface area contributed by atoms with E-state index in [1.807, 2.05) is 23.1 Å². The molecule has 8 nitrogen and oxygen atoms in total. The van der Waals surface area contributed by atoms with Crippen molar-refractivity contribution < 1.29 is 9.18 Å². The van der Waals surface area contributed by atoms with Gasteiger partial charge < -0.3 is 20.9 Å². The van der Waals surface area contributed by atoms with Gasteiger partial charge in [-0.3, -0.25) is 4.98 Å². The summed E-state index contributed by atoms with van der Waals surface area (Å²) in [6.07, 6.45) is 6.60. The molecule has 1 aromatic carbocycles. The summed E-state index contributed by atoms with van der Waals surface area (Å²) in [7, 11) is 0. The summed E-state index contributed by atoms with van der Waals surface area (Å²) in [5, 5.41) is 12.9. The van der Waals surface area contributed by atoms with Gasteiger partial charge in [-0.15, -0.1) is 0 Å². The van der Waals surface area contributed by atoms with Crippen LogP contribution in [0.25, 0.3) is 5.69 Å². The zero-order valence-corrected chi connectivity index (χ0v) is 15.8. The maximum Gasteiger partial charge on any atom is 0.319 e. The Bertz CT molecular complexity index is 970. The van der Waals surface area contributed by atoms with E-state index in [4.69, 9.17) is 0 Å². The van der Waals surface area contributed by atoms with Crippen molar-refractivity contribution in [2.75, 3.05) is 36.4 Å². The van der Waals surface area contributed by atoms with E-state index in [9.17, 15) is 9.18 Å². The van der Waals surface area contributed by atoms with Gasteiger partial charge in [0.25, 0.3) is 0 Å². The summed E-state index contributed by atoms with van der Waals surface area (Å²) >= 11 is 0. The van der Waals surface area contributed by atoms with Crippen LogP contribution in [0.5, 0.6) is 0 Å². The lowest BCUT2D eigenvalue weighted by atomic mass is 10.1. The number of nitrogens with zero attached hydrogens (tertiary/aromatic N) is 4. The molecule has 0 unspecified atom stereocenters. The second-order valence-corrected chi connectivity index (χ2v) is 6.71. The number of hydrogen-bond donors (Lipinski definition) is 3. The number of anilines is 2. The Morgan fingerprint density at radius 3 is 2.72 bits per heavy atom. The van der Waals surface area contributed by atoms with E-state index in [1.165, 1.54) is 6.07 Å². The zero-order chi connectivity index (χ0) is 20.1. The molecule has 3 N–H and O–H groups in total. The lowest BCUT2D eigenvalue weighted by Gasteiger charge is -2.29. The maximum absolute atomic E-state index is 14.5. The molecule has 2 aromatic heterocycles. The highest BCUT2D eigenvalue weighted by Crippen LogP contribution is 2.21. The number of pyridine rings is 1. The molecule has 1 fully saturated rings. The maximum atomic E-state index is 14.5. The highest BCUT2D eigenvalue weighted by Gasteiger charge is 2.15. The van der Waals surface area contributed by atoms with Crippen molar-refractivity contribution in [3.8, 4) is 5.69 Å². The van der Waals surface area contributed by atoms with Crippen LogP contribution in [-0.4, -0.2) is 47.0 Å². The number of halogens is 1. The summed E-state index contributed by atoms with van der Waals surface area (Å²) in [6, 6.07) is 8.33. The molecule has 4 rings (SSSR count). The first-order valence-electron chi connectivity index (χ1n) is 9.43. The van der Waals surface area contributed by atoms with Gasteiger partial charge in [0.1, 0.15) is 5.82 Å². The highest BCUT2D eigenvalue weighted by atomic mass is 19.1. The number of benzene rings is 1. The van der Waals surface area contributed by atoms with Crippen molar-refractivity contribution in [1.82, 2.24) is 25.4 Å². The van der Waals surface area contributed by atoms with E-state index in [-0.39, 0.29) is 18.4 Å². The monoisotopic (exact) mass is 395 g/mol. The van der Waals surface area contributed by atoms with Crippen LogP contribution in [-0.2, 0) is 6.54 Å². The molecule has 0 bridgehead atoms. The second-order valence-electron chi connectivity index (χ2n) is 6.71. The molecule has 0 radical (unpaired) electrons. The molecule has 29 heavy (non-hydrogen) atoms. The van der Waals surface area contributed by atoms with Gasteiger partial charge in [-0.05, 0) is 29.8 Å². The fraction of sp³-hybridized carbons (Fsp3) is 0.250. The minimum Gasteiger partial charge on any atom is -0.367 e. The predicted octanol–water partition coefficient (Wildman–Crippen LogP) is 2.14. The summed E-state index contributed by atoms with van der Waals surface area (Å²) < 4.78 is 16.1. The van der Waals surface area contributed by atoms with Gasteiger partial charge in [-0.25, -0.2) is 13.9 Å². The molecule has 1 saturated heterocycles. The van der Waals surface area contributed by atoms with Crippen LogP contribution in [0.3, 0.4) is 0 Å². The zero-order valence-electron chi connectivity index (χ0n) is 15.8. The van der Waals surface area contributed by atoms with Crippen LogP contribution in [0.1, 0.15) is 5.56 Å². The number of hydrogen-bond acceptors (Lipinski definition) is 5. The van der Waals surface area contributed by atoms with E-state index >= 15 is 0 Å². The van der Waals surface area contributed by atoms with Gasteiger partial charge in [-0.2, -0.15) is 5.10 Å². The first-order valence-corrected chi connectivity index (χ1v) is 9.43. The van der Waals surface area contributed by atoms with Crippen molar-refractivity contribution in [1.29, 1.82) is 0 Å². The summed E-state index contributed by atoms with van der Waals surface area (Å²) in [6.45, 7) is 3.48. The molecule has 3 heterocycles. The fourth-order valence-electron chi connectivity index (χ4n) is 3.21. The lowest BCUT2D eigenvalue weighted by Crippen LogP contribution is -2.43. The molecular weight excluding hydrogens is 373 g/mol. The standard InChI is InChI=1S/C20H22FN7O/c21-18-11-15(1-2-19(18)27-9-7-23-8-10-27)12-24-20(29)26-16-13-25-28(14-16)17-3-5-22-6-4-17/h1-6,11,13-14,23H,7-10,12H2,(H2,24,26,29). The van der Waals surface area contributed by atoms with Crippen molar-refractivity contribution in [2.45, 2.75) is 6.54 Å². The Balaban J connectivity index is 1.32. The van der Waals surface area contributed by atoms with Crippen LogP contribution >= 0.6 is 0 Å². The lowest BCUT2D eigenvalue weighted by molar-refractivity contribution is 0.251. The van der Waals surface area contributed by atoms with Crippen LogP contribution < -0.4 is 20.9 Å². The number of carbonyl (C=O) groups excluding carboxylic acids is 1. The molecule has 0 aliphatic carbocycles. The SMILES string of the molecule is O=C(NCc1ccc(N2CCNCC2)c(F)c1)Nc1cnn(-c2ccncc2)c1. The van der Waals surface area contributed by atoms with E-state index < -0.39 is 0 Å².